The number of halogens is 1. The van der Waals surface area contributed by atoms with Crippen molar-refractivity contribution in [2.24, 2.45) is 11.7 Å². The first kappa shape index (κ1) is 18.8. The normalized spacial score (nSPS) is 20.0. The second-order valence-electron chi connectivity index (χ2n) is 6.35. The molecule has 3 rings (SSSR count). The number of rotatable bonds is 5. The monoisotopic (exact) mass is 437 g/mol. The molecule has 2 amide bonds. The largest absolute Gasteiger partial charge is 0.490 e. The van der Waals surface area contributed by atoms with Crippen LogP contribution in [0.4, 0.5) is 0 Å². The highest BCUT2D eigenvalue weighted by atomic mass is 79.9. The number of hydrogen-bond donors (Lipinski definition) is 1. The summed E-state index contributed by atoms with van der Waals surface area (Å²) in [6.45, 7) is 2.84. The summed E-state index contributed by atoms with van der Waals surface area (Å²) in [5.41, 5.74) is 7.84. The van der Waals surface area contributed by atoms with Crippen molar-refractivity contribution in [1.29, 1.82) is 0 Å². The van der Waals surface area contributed by atoms with E-state index >= 15 is 0 Å². The van der Waals surface area contributed by atoms with Crippen LogP contribution in [0.1, 0.15) is 28.2 Å². The number of primary amides is 1. The molecular weight excluding hydrogens is 418 g/mol. The molecule has 2 N–H and O–H groups in total. The van der Waals surface area contributed by atoms with E-state index in [1.807, 2.05) is 31.2 Å². The van der Waals surface area contributed by atoms with Gasteiger partial charge in [-0.2, -0.15) is 0 Å². The molecule has 0 spiro atoms. The van der Waals surface area contributed by atoms with Crippen LogP contribution in [-0.4, -0.2) is 40.9 Å². The predicted octanol–water partition coefficient (Wildman–Crippen LogP) is 3.00. The maximum Gasteiger partial charge on any atom is 0.265 e. The number of nitrogens with two attached hydrogens (primary N) is 1. The molecule has 1 aromatic heterocycles. The number of likely N-dealkylation sites (tertiary alicyclic amines) is 1. The van der Waals surface area contributed by atoms with Crippen LogP contribution in [0.2, 0.25) is 0 Å². The number of ether oxygens (including phenoxy) is 1. The molecule has 0 radical (unpaired) electrons. The fraction of sp³-hybridized carbons (Fsp3) is 0.389. The number of aromatic nitrogens is 1. The average Bonchev–Trinajstić information content (AvgIpc) is 3.01. The van der Waals surface area contributed by atoms with E-state index in [0.29, 0.717) is 24.4 Å². The lowest BCUT2D eigenvalue weighted by atomic mass is 9.91. The summed E-state index contributed by atoms with van der Waals surface area (Å²) in [5, 5.41) is 0. The molecule has 138 valence electrons. The van der Waals surface area contributed by atoms with E-state index in [2.05, 4.69) is 20.9 Å². The summed E-state index contributed by atoms with van der Waals surface area (Å²) in [5.74, 6) is 0.163. The van der Waals surface area contributed by atoms with E-state index in [1.54, 1.807) is 10.4 Å². The molecule has 1 saturated heterocycles. The van der Waals surface area contributed by atoms with Crippen molar-refractivity contribution in [1.82, 2.24) is 9.88 Å². The van der Waals surface area contributed by atoms with E-state index in [-0.39, 0.29) is 30.3 Å². The van der Waals surface area contributed by atoms with Crippen molar-refractivity contribution in [2.75, 3.05) is 13.1 Å². The van der Waals surface area contributed by atoms with Crippen LogP contribution in [0, 0.1) is 12.8 Å². The third-order valence-corrected chi connectivity index (χ3v) is 5.85. The highest BCUT2D eigenvalue weighted by Gasteiger charge is 2.35. The summed E-state index contributed by atoms with van der Waals surface area (Å²) >= 11 is 4.77. The Bertz CT molecular complexity index is 810. The molecule has 0 saturated carbocycles. The number of benzene rings is 1. The number of hydrogen-bond acceptors (Lipinski definition) is 5. The Balaban J connectivity index is 1.73. The van der Waals surface area contributed by atoms with E-state index < -0.39 is 0 Å². The van der Waals surface area contributed by atoms with Gasteiger partial charge in [0.2, 0.25) is 5.91 Å². The maximum atomic E-state index is 12.8. The third-order valence-electron chi connectivity index (χ3n) is 4.44. The van der Waals surface area contributed by atoms with E-state index in [0.717, 1.165) is 15.9 Å². The Morgan fingerprint density at radius 3 is 2.92 bits per heavy atom. The van der Waals surface area contributed by atoms with Gasteiger partial charge in [0.05, 0.1) is 11.2 Å². The van der Waals surface area contributed by atoms with E-state index in [1.165, 1.54) is 11.3 Å². The van der Waals surface area contributed by atoms with E-state index in [9.17, 15) is 9.59 Å². The average molecular weight is 438 g/mol. The van der Waals surface area contributed by atoms with Crippen LogP contribution < -0.4 is 10.5 Å². The summed E-state index contributed by atoms with van der Waals surface area (Å²) in [6.07, 6.45) is 0.668. The van der Waals surface area contributed by atoms with Gasteiger partial charge in [0.15, 0.2) is 0 Å². The maximum absolute atomic E-state index is 12.8. The molecule has 1 aliphatic rings. The molecule has 0 bridgehead atoms. The van der Waals surface area contributed by atoms with Gasteiger partial charge in [-0.1, -0.05) is 22.0 Å². The van der Waals surface area contributed by atoms with Crippen molar-refractivity contribution in [3.63, 3.8) is 0 Å². The van der Waals surface area contributed by atoms with Crippen molar-refractivity contribution in [3.05, 3.63) is 44.8 Å². The quantitative estimate of drug-likeness (QED) is 0.778. The first-order valence-corrected chi connectivity index (χ1v) is 10.0. The minimum atomic E-state index is -0.388. The van der Waals surface area contributed by atoms with Gasteiger partial charge in [-0.15, -0.1) is 11.3 Å². The van der Waals surface area contributed by atoms with Crippen molar-refractivity contribution in [2.45, 2.75) is 25.9 Å². The van der Waals surface area contributed by atoms with Gasteiger partial charge in [-0.3, -0.25) is 9.59 Å². The second-order valence-corrected chi connectivity index (χ2v) is 8.12. The van der Waals surface area contributed by atoms with Crippen molar-refractivity contribution in [3.8, 4) is 5.75 Å². The van der Waals surface area contributed by atoms with Gasteiger partial charge in [0, 0.05) is 36.3 Å². The van der Waals surface area contributed by atoms with Gasteiger partial charge in [0.1, 0.15) is 16.7 Å². The topological polar surface area (TPSA) is 85.5 Å². The summed E-state index contributed by atoms with van der Waals surface area (Å²) in [4.78, 5) is 30.8. The molecule has 2 heterocycles. The number of piperidine rings is 1. The second kappa shape index (κ2) is 8.18. The van der Waals surface area contributed by atoms with Crippen LogP contribution in [0.25, 0.3) is 0 Å². The fourth-order valence-corrected chi connectivity index (χ4v) is 4.32. The summed E-state index contributed by atoms with van der Waals surface area (Å²) < 4.78 is 7.03. The van der Waals surface area contributed by atoms with Gasteiger partial charge < -0.3 is 15.4 Å². The number of carbonyl (C=O) groups is 2. The molecule has 1 aliphatic heterocycles. The molecule has 26 heavy (non-hydrogen) atoms. The highest BCUT2D eigenvalue weighted by Crippen LogP contribution is 2.28. The van der Waals surface area contributed by atoms with Crippen LogP contribution in [-0.2, 0) is 4.79 Å². The molecule has 6 nitrogen and oxygen atoms in total. The Hall–Kier alpha value is -1.93. The summed E-state index contributed by atoms with van der Waals surface area (Å²) in [7, 11) is 0. The molecule has 1 aromatic carbocycles. The lowest BCUT2D eigenvalue weighted by Crippen LogP contribution is -2.49. The standard InChI is InChI=1S/C18H20BrN3O3S/c1-11-17(26-10-21-11)18(24)22-6-5-15(12(9-22)7-16(20)23)25-14-4-2-3-13(19)8-14/h2-4,8,10,12,15H,5-7,9H2,1H3,(H2,20,23)/t12-,15-/m0/s1. The zero-order chi connectivity index (χ0) is 18.7. The molecule has 8 heteroatoms. The molecule has 2 aromatic rings. The van der Waals surface area contributed by atoms with Crippen LogP contribution in [0.15, 0.2) is 34.2 Å². The molecule has 0 unspecified atom stereocenters. The molecule has 0 aliphatic carbocycles. The Morgan fingerprint density at radius 2 is 2.27 bits per heavy atom. The number of carbonyl (C=O) groups excluding carboxylic acids is 2. The van der Waals surface area contributed by atoms with Crippen LogP contribution in [0.5, 0.6) is 5.75 Å². The smallest absolute Gasteiger partial charge is 0.265 e. The third kappa shape index (κ3) is 4.42. The van der Waals surface area contributed by atoms with Gasteiger partial charge in [-0.25, -0.2) is 4.98 Å². The first-order chi connectivity index (χ1) is 12.4. The van der Waals surface area contributed by atoms with Gasteiger partial charge >= 0.3 is 0 Å². The zero-order valence-electron chi connectivity index (χ0n) is 14.4. The zero-order valence-corrected chi connectivity index (χ0v) is 16.8. The Labute approximate surface area is 164 Å². The minimum absolute atomic E-state index is 0.0413. The number of thiazole rings is 1. The lowest BCUT2D eigenvalue weighted by Gasteiger charge is -2.38. The first-order valence-electron chi connectivity index (χ1n) is 8.34. The molecule has 2 atom stereocenters. The SMILES string of the molecule is Cc1ncsc1C(=O)N1CC[C@H](Oc2cccc(Br)c2)[C@@H](CC(N)=O)C1. The molecule has 1 fully saturated rings. The van der Waals surface area contributed by atoms with Gasteiger partial charge in [-0.05, 0) is 25.1 Å². The number of aryl methyl sites for hydroxylation is 1. The van der Waals surface area contributed by atoms with Crippen LogP contribution >= 0.6 is 27.3 Å². The summed E-state index contributed by atoms with van der Waals surface area (Å²) in [6, 6.07) is 7.59. The van der Waals surface area contributed by atoms with Gasteiger partial charge in [0.25, 0.3) is 5.91 Å². The Kier molecular flexibility index (Phi) is 5.93. The minimum Gasteiger partial charge on any atom is -0.490 e. The Morgan fingerprint density at radius 1 is 1.46 bits per heavy atom. The lowest BCUT2D eigenvalue weighted by molar-refractivity contribution is -0.120. The molecular formula is C18H20BrN3O3S. The fourth-order valence-electron chi connectivity index (χ4n) is 3.17. The van der Waals surface area contributed by atoms with Crippen LogP contribution in [0.3, 0.4) is 0 Å². The number of amides is 2. The van der Waals surface area contributed by atoms with Crippen molar-refractivity contribution < 1.29 is 14.3 Å². The number of nitrogens with zero attached hydrogens (tertiary/aromatic N) is 2. The van der Waals surface area contributed by atoms with E-state index in [4.69, 9.17) is 10.5 Å². The highest BCUT2D eigenvalue weighted by molar-refractivity contribution is 9.10. The van der Waals surface area contributed by atoms with Crippen molar-refractivity contribution >= 4 is 39.1 Å². The predicted molar refractivity (Wildman–Crippen MR) is 103 cm³/mol.